The fourth-order valence-electron chi connectivity index (χ4n) is 1.06. The van der Waals surface area contributed by atoms with Gasteiger partial charge >= 0.3 is 11.9 Å². The van der Waals surface area contributed by atoms with Crippen molar-refractivity contribution in [2.45, 2.75) is 7.43 Å². The molecule has 0 amide bonds. The molecule has 1 aromatic carbocycles. The molecule has 15 heavy (non-hydrogen) atoms. The van der Waals surface area contributed by atoms with E-state index in [-0.39, 0.29) is 18.6 Å². The van der Waals surface area contributed by atoms with E-state index in [9.17, 15) is 9.59 Å². The summed E-state index contributed by atoms with van der Waals surface area (Å²) in [6, 6.07) is 6.33. The molecule has 0 bridgehead atoms. The van der Waals surface area contributed by atoms with Gasteiger partial charge in [0.05, 0.1) is 25.3 Å². The van der Waals surface area contributed by atoms with Crippen molar-refractivity contribution in [2.75, 3.05) is 14.2 Å². The lowest BCUT2D eigenvalue weighted by molar-refractivity contribution is 0.0555. The molecule has 4 heteroatoms. The fraction of sp³-hybridized carbons (Fsp3) is 0.273. The van der Waals surface area contributed by atoms with Crippen molar-refractivity contribution < 1.29 is 19.1 Å². The van der Waals surface area contributed by atoms with Gasteiger partial charge in [0, 0.05) is 0 Å². The molecular formula is C11H14O4. The second-order valence-corrected chi connectivity index (χ2v) is 2.53. The number of esters is 2. The molecule has 0 saturated carbocycles. The van der Waals surface area contributed by atoms with Crippen LogP contribution in [0.3, 0.4) is 0 Å². The summed E-state index contributed by atoms with van der Waals surface area (Å²) in [5.74, 6) is -1.10. The van der Waals surface area contributed by atoms with Crippen LogP contribution >= 0.6 is 0 Å². The lowest BCUT2D eigenvalue weighted by atomic mass is 10.1. The fourth-order valence-corrected chi connectivity index (χ4v) is 1.06. The number of rotatable bonds is 2. The molecule has 0 aliphatic rings. The molecule has 0 aliphatic carbocycles. The Balaban J connectivity index is 0.00000196. The third-order valence-electron chi connectivity index (χ3n) is 1.74. The van der Waals surface area contributed by atoms with Crippen molar-refractivity contribution >= 4 is 11.9 Å². The summed E-state index contributed by atoms with van der Waals surface area (Å²) in [5, 5.41) is 0. The quantitative estimate of drug-likeness (QED) is 0.699. The van der Waals surface area contributed by atoms with Crippen LogP contribution in [-0.2, 0) is 9.47 Å². The maximum Gasteiger partial charge on any atom is 0.338 e. The largest absolute Gasteiger partial charge is 0.465 e. The molecular weight excluding hydrogens is 196 g/mol. The number of hydrogen-bond donors (Lipinski definition) is 0. The molecule has 0 spiro atoms. The van der Waals surface area contributed by atoms with Crippen LogP contribution < -0.4 is 0 Å². The molecule has 1 aromatic rings. The van der Waals surface area contributed by atoms with Gasteiger partial charge in [0.25, 0.3) is 0 Å². The smallest absolute Gasteiger partial charge is 0.338 e. The molecule has 82 valence electrons. The predicted octanol–water partition coefficient (Wildman–Crippen LogP) is 1.90. The molecule has 0 saturated heterocycles. The van der Waals surface area contributed by atoms with Crippen molar-refractivity contribution in [2.24, 2.45) is 0 Å². The molecule has 1 rings (SSSR count). The Bertz CT molecular complexity index is 322. The van der Waals surface area contributed by atoms with Gasteiger partial charge in [0.2, 0.25) is 0 Å². The van der Waals surface area contributed by atoms with Crippen molar-refractivity contribution in [3.8, 4) is 0 Å². The first-order chi connectivity index (χ1) is 6.70. The van der Waals surface area contributed by atoms with Gasteiger partial charge in [0.1, 0.15) is 0 Å². The predicted molar refractivity (Wildman–Crippen MR) is 55.9 cm³/mol. The maximum atomic E-state index is 11.2. The second kappa shape index (κ2) is 5.80. The molecule has 0 heterocycles. The van der Waals surface area contributed by atoms with Gasteiger partial charge < -0.3 is 9.47 Å². The van der Waals surface area contributed by atoms with Gasteiger partial charge in [-0.25, -0.2) is 9.59 Å². The van der Waals surface area contributed by atoms with Crippen molar-refractivity contribution in [3.05, 3.63) is 35.4 Å². The Morgan fingerprint density at radius 3 is 1.53 bits per heavy atom. The highest BCUT2D eigenvalue weighted by Crippen LogP contribution is 2.10. The summed E-state index contributed by atoms with van der Waals surface area (Å²) in [6.07, 6.45) is 0. The topological polar surface area (TPSA) is 52.6 Å². The maximum absolute atomic E-state index is 11.2. The number of benzene rings is 1. The number of methoxy groups -OCH3 is 2. The third kappa shape index (κ3) is 2.80. The Kier molecular flexibility index (Phi) is 5.09. The summed E-state index contributed by atoms with van der Waals surface area (Å²) in [5.41, 5.74) is 0.420. The molecule has 0 N–H and O–H groups in total. The Morgan fingerprint density at radius 2 is 1.27 bits per heavy atom. The Labute approximate surface area is 88.8 Å². The lowest BCUT2D eigenvalue weighted by Crippen LogP contribution is -2.11. The molecule has 0 aromatic heterocycles. The molecule has 0 unspecified atom stereocenters. The van der Waals surface area contributed by atoms with Crippen LogP contribution in [-0.4, -0.2) is 26.2 Å². The first-order valence-electron chi connectivity index (χ1n) is 3.96. The summed E-state index contributed by atoms with van der Waals surface area (Å²) in [6.45, 7) is 0. The molecule has 0 aliphatic heterocycles. The standard InChI is InChI=1S/C10H10O4.CH4/c1-13-9(11)7-5-3-4-6-8(7)10(12)14-2;/h3-6H,1-2H3;1H4. The minimum atomic E-state index is -0.550. The zero-order valence-electron chi connectivity index (χ0n) is 7.94. The van der Waals surface area contributed by atoms with E-state index in [4.69, 9.17) is 0 Å². The number of hydrogen-bond acceptors (Lipinski definition) is 4. The summed E-state index contributed by atoms with van der Waals surface area (Å²) >= 11 is 0. The number of ether oxygens (including phenoxy) is 2. The average molecular weight is 210 g/mol. The van der Waals surface area contributed by atoms with E-state index in [1.54, 1.807) is 12.1 Å². The van der Waals surface area contributed by atoms with Gasteiger partial charge in [-0.15, -0.1) is 0 Å². The SMILES string of the molecule is C.COC(=O)c1ccccc1C(=O)OC. The van der Waals surface area contributed by atoms with Crippen LogP contribution in [0.2, 0.25) is 0 Å². The highest BCUT2D eigenvalue weighted by Gasteiger charge is 2.16. The number of carbonyl (C=O) groups is 2. The normalized spacial score (nSPS) is 8.67. The Hall–Kier alpha value is -1.84. The van der Waals surface area contributed by atoms with Gasteiger partial charge in [-0.1, -0.05) is 19.6 Å². The second-order valence-electron chi connectivity index (χ2n) is 2.53. The van der Waals surface area contributed by atoms with Crippen LogP contribution in [0.5, 0.6) is 0 Å². The van der Waals surface area contributed by atoms with Crippen LogP contribution in [0.15, 0.2) is 24.3 Å². The van der Waals surface area contributed by atoms with Crippen molar-refractivity contribution in [1.29, 1.82) is 0 Å². The van der Waals surface area contributed by atoms with Crippen LogP contribution in [0, 0.1) is 0 Å². The van der Waals surface area contributed by atoms with Crippen LogP contribution in [0.1, 0.15) is 28.1 Å². The van der Waals surface area contributed by atoms with E-state index in [0.29, 0.717) is 0 Å². The summed E-state index contributed by atoms with van der Waals surface area (Å²) in [7, 11) is 2.52. The van der Waals surface area contributed by atoms with E-state index in [1.807, 2.05) is 0 Å². The van der Waals surface area contributed by atoms with Gasteiger partial charge in [0.15, 0.2) is 0 Å². The first-order valence-corrected chi connectivity index (χ1v) is 3.96. The van der Waals surface area contributed by atoms with Crippen LogP contribution in [0.25, 0.3) is 0 Å². The molecule has 0 atom stereocenters. The Morgan fingerprint density at radius 1 is 0.933 bits per heavy atom. The zero-order chi connectivity index (χ0) is 10.6. The first kappa shape index (κ1) is 13.2. The zero-order valence-corrected chi connectivity index (χ0v) is 7.94. The van der Waals surface area contributed by atoms with Crippen molar-refractivity contribution in [3.63, 3.8) is 0 Å². The summed E-state index contributed by atoms with van der Waals surface area (Å²) < 4.78 is 9.05. The van der Waals surface area contributed by atoms with E-state index in [2.05, 4.69) is 9.47 Å². The number of carbonyl (C=O) groups excluding carboxylic acids is 2. The third-order valence-corrected chi connectivity index (χ3v) is 1.74. The van der Waals surface area contributed by atoms with Crippen LogP contribution in [0.4, 0.5) is 0 Å². The lowest BCUT2D eigenvalue weighted by Gasteiger charge is -2.04. The van der Waals surface area contributed by atoms with Gasteiger partial charge in [-0.2, -0.15) is 0 Å². The van der Waals surface area contributed by atoms with Gasteiger partial charge in [-0.3, -0.25) is 0 Å². The summed E-state index contributed by atoms with van der Waals surface area (Å²) in [4.78, 5) is 22.4. The molecule has 0 radical (unpaired) electrons. The van der Waals surface area contributed by atoms with E-state index in [1.165, 1.54) is 26.4 Å². The van der Waals surface area contributed by atoms with Crippen molar-refractivity contribution in [1.82, 2.24) is 0 Å². The minimum Gasteiger partial charge on any atom is -0.465 e. The van der Waals surface area contributed by atoms with E-state index < -0.39 is 11.9 Å². The highest BCUT2D eigenvalue weighted by atomic mass is 16.5. The monoisotopic (exact) mass is 210 g/mol. The van der Waals surface area contributed by atoms with E-state index >= 15 is 0 Å². The highest BCUT2D eigenvalue weighted by molar-refractivity contribution is 6.02. The average Bonchev–Trinajstić information content (AvgIpc) is 2.27. The molecule has 0 fully saturated rings. The molecule has 4 nitrogen and oxygen atoms in total. The minimum absolute atomic E-state index is 0. The van der Waals surface area contributed by atoms with E-state index in [0.717, 1.165) is 0 Å². The van der Waals surface area contributed by atoms with Gasteiger partial charge in [-0.05, 0) is 12.1 Å².